The predicted octanol–water partition coefficient (Wildman–Crippen LogP) is 3.71. The van der Waals surface area contributed by atoms with E-state index in [1.807, 2.05) is 6.07 Å². The van der Waals surface area contributed by atoms with Crippen LogP contribution in [0.1, 0.15) is 37.6 Å². The van der Waals surface area contributed by atoms with Crippen LogP contribution in [0.25, 0.3) is 0 Å². The molecule has 1 aromatic heterocycles. The van der Waals surface area contributed by atoms with E-state index in [2.05, 4.69) is 52.8 Å². The molecule has 4 heteroatoms. The molecule has 3 nitrogen and oxygen atoms in total. The van der Waals surface area contributed by atoms with Crippen molar-refractivity contribution in [3.05, 3.63) is 41.7 Å². The maximum absolute atomic E-state index is 4.46. The molecular formula is C14H19N3S. The van der Waals surface area contributed by atoms with Crippen LogP contribution in [-0.4, -0.2) is 15.9 Å². The molecule has 96 valence electrons. The number of rotatable bonds is 6. The van der Waals surface area contributed by atoms with E-state index in [1.165, 1.54) is 17.1 Å². The van der Waals surface area contributed by atoms with E-state index in [-0.39, 0.29) is 0 Å². The van der Waals surface area contributed by atoms with Crippen LogP contribution in [0.3, 0.4) is 0 Å². The van der Waals surface area contributed by atoms with Gasteiger partial charge in [-0.05, 0) is 17.9 Å². The third-order valence-corrected chi connectivity index (χ3v) is 3.58. The standard InChI is InChI=1S/C14H19N3S/c1-3-7-13-16-14(18-17-13)15-10-11(2)12-8-5-4-6-9-12/h4-6,8-9,11H,3,7,10H2,1-2H3,(H,15,16,17). The molecule has 0 spiro atoms. The van der Waals surface area contributed by atoms with E-state index in [9.17, 15) is 0 Å². The third-order valence-electron chi connectivity index (χ3n) is 2.87. The largest absolute Gasteiger partial charge is 0.360 e. The molecular weight excluding hydrogens is 242 g/mol. The Bertz CT molecular complexity index is 467. The molecule has 1 atom stereocenters. The Labute approximate surface area is 112 Å². The molecule has 1 unspecified atom stereocenters. The van der Waals surface area contributed by atoms with Gasteiger partial charge in [-0.2, -0.15) is 4.37 Å². The Hall–Kier alpha value is -1.42. The molecule has 1 N–H and O–H groups in total. The molecule has 2 rings (SSSR count). The van der Waals surface area contributed by atoms with Crippen molar-refractivity contribution in [3.63, 3.8) is 0 Å². The Morgan fingerprint density at radius 1 is 1.28 bits per heavy atom. The first-order valence-corrected chi connectivity index (χ1v) is 7.18. The minimum atomic E-state index is 0.477. The average Bonchev–Trinajstić information content (AvgIpc) is 2.85. The van der Waals surface area contributed by atoms with Gasteiger partial charge in [0.15, 0.2) is 0 Å². The second-order valence-electron chi connectivity index (χ2n) is 4.46. The van der Waals surface area contributed by atoms with E-state index < -0.39 is 0 Å². The van der Waals surface area contributed by atoms with Crippen molar-refractivity contribution >= 4 is 16.7 Å². The molecule has 0 bridgehead atoms. The first-order valence-electron chi connectivity index (χ1n) is 6.41. The summed E-state index contributed by atoms with van der Waals surface area (Å²) in [6.07, 6.45) is 2.06. The second kappa shape index (κ2) is 6.50. The van der Waals surface area contributed by atoms with E-state index in [0.717, 1.165) is 30.3 Å². The highest BCUT2D eigenvalue weighted by molar-refractivity contribution is 7.09. The Morgan fingerprint density at radius 2 is 2.06 bits per heavy atom. The van der Waals surface area contributed by atoms with Gasteiger partial charge in [0.05, 0.1) is 0 Å². The van der Waals surface area contributed by atoms with Crippen LogP contribution in [0.15, 0.2) is 30.3 Å². The smallest absolute Gasteiger partial charge is 0.202 e. The third kappa shape index (κ3) is 3.53. The number of benzene rings is 1. The van der Waals surface area contributed by atoms with Gasteiger partial charge in [-0.15, -0.1) is 0 Å². The van der Waals surface area contributed by atoms with Crippen LogP contribution in [0.2, 0.25) is 0 Å². The first-order chi connectivity index (χ1) is 8.79. The zero-order valence-corrected chi connectivity index (χ0v) is 11.7. The lowest BCUT2D eigenvalue weighted by Crippen LogP contribution is -2.09. The molecule has 0 aliphatic carbocycles. The van der Waals surface area contributed by atoms with Crippen molar-refractivity contribution < 1.29 is 0 Å². The number of hydrogen-bond acceptors (Lipinski definition) is 4. The lowest BCUT2D eigenvalue weighted by Gasteiger charge is -2.11. The highest BCUT2D eigenvalue weighted by Crippen LogP contribution is 2.17. The molecule has 18 heavy (non-hydrogen) atoms. The summed E-state index contributed by atoms with van der Waals surface area (Å²) >= 11 is 1.45. The minimum Gasteiger partial charge on any atom is -0.360 e. The minimum absolute atomic E-state index is 0.477. The van der Waals surface area contributed by atoms with Crippen LogP contribution in [0, 0.1) is 0 Å². The molecule has 2 aromatic rings. The van der Waals surface area contributed by atoms with Crippen molar-refractivity contribution in [1.82, 2.24) is 9.36 Å². The molecule has 0 aliphatic rings. The summed E-state index contributed by atoms with van der Waals surface area (Å²) in [6.45, 7) is 5.26. The van der Waals surface area contributed by atoms with E-state index in [0.29, 0.717) is 5.92 Å². The summed E-state index contributed by atoms with van der Waals surface area (Å²) < 4.78 is 4.32. The zero-order chi connectivity index (χ0) is 12.8. The van der Waals surface area contributed by atoms with Crippen LogP contribution in [-0.2, 0) is 6.42 Å². The maximum Gasteiger partial charge on any atom is 0.202 e. The van der Waals surface area contributed by atoms with Gasteiger partial charge in [0, 0.05) is 24.5 Å². The monoisotopic (exact) mass is 261 g/mol. The lowest BCUT2D eigenvalue weighted by molar-refractivity contribution is 0.801. The van der Waals surface area contributed by atoms with Gasteiger partial charge < -0.3 is 5.32 Å². The van der Waals surface area contributed by atoms with Crippen molar-refractivity contribution in [2.75, 3.05) is 11.9 Å². The van der Waals surface area contributed by atoms with Crippen LogP contribution in [0.5, 0.6) is 0 Å². The van der Waals surface area contributed by atoms with Crippen molar-refractivity contribution in [2.45, 2.75) is 32.6 Å². The predicted molar refractivity (Wildman–Crippen MR) is 77.3 cm³/mol. The van der Waals surface area contributed by atoms with Gasteiger partial charge in [-0.1, -0.05) is 44.2 Å². The van der Waals surface area contributed by atoms with E-state index in [1.54, 1.807) is 0 Å². The van der Waals surface area contributed by atoms with Crippen molar-refractivity contribution in [2.24, 2.45) is 0 Å². The lowest BCUT2D eigenvalue weighted by atomic mass is 10.0. The fourth-order valence-electron chi connectivity index (χ4n) is 1.79. The normalized spacial score (nSPS) is 12.3. The van der Waals surface area contributed by atoms with E-state index in [4.69, 9.17) is 0 Å². The highest BCUT2D eigenvalue weighted by Gasteiger charge is 2.07. The highest BCUT2D eigenvalue weighted by atomic mass is 32.1. The van der Waals surface area contributed by atoms with Gasteiger partial charge in [0.1, 0.15) is 5.82 Å². The summed E-state index contributed by atoms with van der Waals surface area (Å²) in [5.41, 5.74) is 1.35. The van der Waals surface area contributed by atoms with Gasteiger partial charge >= 0.3 is 0 Å². The molecule has 0 saturated heterocycles. The summed E-state index contributed by atoms with van der Waals surface area (Å²) in [5, 5.41) is 4.30. The second-order valence-corrected chi connectivity index (χ2v) is 5.21. The molecule has 0 aliphatic heterocycles. The number of nitrogens with one attached hydrogen (secondary N) is 1. The molecule has 0 radical (unpaired) electrons. The summed E-state index contributed by atoms with van der Waals surface area (Å²) in [5.74, 6) is 1.43. The fourth-order valence-corrected chi connectivity index (χ4v) is 2.41. The summed E-state index contributed by atoms with van der Waals surface area (Å²) in [6, 6.07) is 10.5. The van der Waals surface area contributed by atoms with Crippen LogP contribution >= 0.6 is 11.5 Å². The molecule has 1 aromatic carbocycles. The fraction of sp³-hybridized carbons (Fsp3) is 0.429. The molecule has 0 fully saturated rings. The number of aryl methyl sites for hydroxylation is 1. The van der Waals surface area contributed by atoms with Gasteiger partial charge in [-0.3, -0.25) is 0 Å². The van der Waals surface area contributed by atoms with Gasteiger partial charge in [-0.25, -0.2) is 4.98 Å². The number of nitrogens with zero attached hydrogens (tertiary/aromatic N) is 2. The molecule has 1 heterocycles. The maximum atomic E-state index is 4.46. The number of aromatic nitrogens is 2. The van der Waals surface area contributed by atoms with E-state index >= 15 is 0 Å². The molecule has 0 amide bonds. The first kappa shape index (κ1) is 13.0. The average molecular weight is 261 g/mol. The van der Waals surface area contributed by atoms with Crippen LogP contribution in [0.4, 0.5) is 5.13 Å². The van der Waals surface area contributed by atoms with Crippen LogP contribution < -0.4 is 5.32 Å². The topological polar surface area (TPSA) is 37.8 Å². The zero-order valence-electron chi connectivity index (χ0n) is 10.9. The van der Waals surface area contributed by atoms with Gasteiger partial charge in [0.25, 0.3) is 0 Å². The SMILES string of the molecule is CCCc1nsc(NCC(C)c2ccccc2)n1. The summed E-state index contributed by atoms with van der Waals surface area (Å²) in [4.78, 5) is 4.46. The van der Waals surface area contributed by atoms with Crippen molar-refractivity contribution in [1.29, 1.82) is 0 Å². The number of hydrogen-bond donors (Lipinski definition) is 1. The quantitative estimate of drug-likeness (QED) is 0.861. The number of anilines is 1. The van der Waals surface area contributed by atoms with Gasteiger partial charge in [0.2, 0.25) is 5.13 Å². The Morgan fingerprint density at radius 3 is 2.78 bits per heavy atom. The van der Waals surface area contributed by atoms with Crippen molar-refractivity contribution in [3.8, 4) is 0 Å². The molecule has 0 saturated carbocycles. The summed E-state index contributed by atoms with van der Waals surface area (Å²) in [7, 11) is 0. The Kier molecular flexibility index (Phi) is 4.70. The Balaban J connectivity index is 1.87.